The van der Waals surface area contributed by atoms with Crippen LogP contribution in [0.25, 0.3) is 0 Å². The van der Waals surface area contributed by atoms with Crippen molar-refractivity contribution in [3.05, 3.63) is 29.8 Å². The molecule has 0 aliphatic rings. The van der Waals surface area contributed by atoms with Gasteiger partial charge in [-0.1, -0.05) is 24.6 Å². The van der Waals surface area contributed by atoms with Gasteiger partial charge in [0.15, 0.2) is 5.96 Å². The van der Waals surface area contributed by atoms with Crippen molar-refractivity contribution in [2.24, 2.45) is 4.99 Å². The average molecular weight is 391 g/mol. The van der Waals surface area contributed by atoms with Crippen LogP contribution in [0, 0.1) is 6.92 Å². The molecule has 0 amide bonds. The van der Waals surface area contributed by atoms with Gasteiger partial charge in [0.2, 0.25) is 0 Å². The van der Waals surface area contributed by atoms with Gasteiger partial charge in [0, 0.05) is 13.1 Å². The van der Waals surface area contributed by atoms with Crippen LogP contribution >= 0.6 is 24.0 Å². The third-order valence-electron chi connectivity index (χ3n) is 2.90. The van der Waals surface area contributed by atoms with Crippen molar-refractivity contribution < 1.29 is 4.74 Å². The number of halogens is 1. The highest BCUT2D eigenvalue weighted by Crippen LogP contribution is 2.10. The first-order chi connectivity index (χ1) is 9.15. The number of hydrogen-bond donors (Lipinski definition) is 2. The van der Waals surface area contributed by atoms with Crippen molar-refractivity contribution in [1.82, 2.24) is 10.6 Å². The first-order valence-corrected chi connectivity index (χ1v) is 6.82. The molecule has 0 radical (unpaired) electrons. The van der Waals surface area contributed by atoms with Crippen LogP contribution in [0.5, 0.6) is 5.75 Å². The van der Waals surface area contributed by atoms with Crippen LogP contribution in [0.4, 0.5) is 0 Å². The minimum absolute atomic E-state index is 0. The summed E-state index contributed by atoms with van der Waals surface area (Å²) in [7, 11) is 1.78. The van der Waals surface area contributed by atoms with Gasteiger partial charge in [0.05, 0.1) is 6.54 Å². The molecule has 0 spiro atoms. The van der Waals surface area contributed by atoms with Crippen molar-refractivity contribution >= 4 is 29.9 Å². The molecular weight excluding hydrogens is 365 g/mol. The lowest BCUT2D eigenvalue weighted by molar-refractivity contribution is 0.321. The second-order valence-corrected chi connectivity index (χ2v) is 4.61. The van der Waals surface area contributed by atoms with Gasteiger partial charge in [-0.05, 0) is 32.4 Å². The van der Waals surface area contributed by atoms with Gasteiger partial charge in [-0.15, -0.1) is 24.0 Å². The van der Waals surface area contributed by atoms with E-state index in [1.165, 1.54) is 5.56 Å². The van der Waals surface area contributed by atoms with E-state index in [0.717, 1.165) is 24.7 Å². The number of rotatable bonds is 6. The van der Waals surface area contributed by atoms with Gasteiger partial charge >= 0.3 is 0 Å². The summed E-state index contributed by atoms with van der Waals surface area (Å²) in [6, 6.07) is 8.49. The maximum Gasteiger partial charge on any atom is 0.191 e. The van der Waals surface area contributed by atoms with E-state index in [2.05, 4.69) is 36.4 Å². The average Bonchev–Trinajstić information content (AvgIpc) is 2.43. The molecule has 1 unspecified atom stereocenters. The van der Waals surface area contributed by atoms with E-state index in [4.69, 9.17) is 4.74 Å². The number of guanidine groups is 1. The summed E-state index contributed by atoms with van der Waals surface area (Å²) in [5.74, 6) is 1.72. The van der Waals surface area contributed by atoms with E-state index >= 15 is 0 Å². The third kappa shape index (κ3) is 7.57. The topological polar surface area (TPSA) is 45.7 Å². The number of aliphatic imine (C=N–C) groups is 1. The van der Waals surface area contributed by atoms with Crippen LogP contribution in [0.15, 0.2) is 29.3 Å². The van der Waals surface area contributed by atoms with Gasteiger partial charge in [-0.2, -0.15) is 0 Å². The van der Waals surface area contributed by atoms with Crippen molar-refractivity contribution in [2.75, 3.05) is 20.2 Å². The van der Waals surface area contributed by atoms with Crippen LogP contribution in [0.3, 0.4) is 0 Å². The molecule has 0 bridgehead atoms. The Morgan fingerprint density at radius 3 is 2.50 bits per heavy atom. The van der Waals surface area contributed by atoms with Crippen molar-refractivity contribution in [3.8, 4) is 5.75 Å². The highest BCUT2D eigenvalue weighted by Gasteiger charge is 2.01. The summed E-state index contributed by atoms with van der Waals surface area (Å²) >= 11 is 0. The summed E-state index contributed by atoms with van der Waals surface area (Å²) in [4.78, 5) is 4.17. The van der Waals surface area contributed by atoms with Crippen molar-refractivity contribution in [2.45, 2.75) is 33.2 Å². The Morgan fingerprint density at radius 1 is 1.30 bits per heavy atom. The summed E-state index contributed by atoms with van der Waals surface area (Å²) in [6.07, 6.45) is 1.07. The second-order valence-electron chi connectivity index (χ2n) is 4.61. The van der Waals surface area contributed by atoms with E-state index < -0.39 is 0 Å². The number of benzene rings is 1. The molecule has 0 aliphatic heterocycles. The molecular formula is C15H26IN3O. The molecule has 4 nitrogen and oxygen atoms in total. The first-order valence-electron chi connectivity index (χ1n) is 6.82. The van der Waals surface area contributed by atoms with Crippen molar-refractivity contribution in [3.63, 3.8) is 0 Å². The molecule has 1 aromatic carbocycles. The summed E-state index contributed by atoms with van der Waals surface area (Å²) in [5, 5.41) is 6.54. The Balaban J connectivity index is 0.00000361. The fraction of sp³-hybridized carbons (Fsp3) is 0.533. The van der Waals surface area contributed by atoms with Gasteiger partial charge < -0.3 is 15.4 Å². The molecule has 5 heteroatoms. The molecule has 0 saturated carbocycles. The predicted molar refractivity (Wildman–Crippen MR) is 96.3 cm³/mol. The van der Waals surface area contributed by atoms with E-state index in [1.807, 2.05) is 24.3 Å². The molecule has 0 aromatic heterocycles. The number of nitrogens with zero attached hydrogens (tertiary/aromatic N) is 1. The van der Waals surface area contributed by atoms with E-state index in [0.29, 0.717) is 12.6 Å². The van der Waals surface area contributed by atoms with Crippen molar-refractivity contribution in [1.29, 1.82) is 0 Å². The summed E-state index contributed by atoms with van der Waals surface area (Å²) in [5.41, 5.74) is 1.24. The highest BCUT2D eigenvalue weighted by molar-refractivity contribution is 14.0. The molecule has 114 valence electrons. The van der Waals surface area contributed by atoms with Gasteiger partial charge in [-0.3, -0.25) is 4.99 Å². The van der Waals surface area contributed by atoms with Gasteiger partial charge in [0.1, 0.15) is 12.4 Å². The number of hydrogen-bond acceptors (Lipinski definition) is 2. The van der Waals surface area contributed by atoms with Crippen LogP contribution in [0.2, 0.25) is 0 Å². The zero-order valence-corrected chi connectivity index (χ0v) is 15.1. The monoisotopic (exact) mass is 391 g/mol. The predicted octanol–water partition coefficient (Wildman–Crippen LogP) is 2.96. The van der Waals surface area contributed by atoms with Crippen LogP contribution < -0.4 is 15.4 Å². The lowest BCUT2D eigenvalue weighted by Crippen LogP contribution is -2.43. The molecule has 1 atom stereocenters. The largest absolute Gasteiger partial charge is 0.492 e. The first kappa shape index (κ1) is 19.0. The fourth-order valence-electron chi connectivity index (χ4n) is 1.50. The number of ether oxygens (including phenoxy) is 1. The Hall–Kier alpha value is -0.980. The number of aryl methyl sites for hydroxylation is 1. The summed E-state index contributed by atoms with van der Waals surface area (Å²) in [6.45, 7) is 7.69. The zero-order chi connectivity index (χ0) is 14.1. The number of nitrogens with one attached hydrogen (secondary N) is 2. The zero-order valence-electron chi connectivity index (χ0n) is 12.8. The molecule has 2 N–H and O–H groups in total. The van der Waals surface area contributed by atoms with Crippen LogP contribution in [-0.2, 0) is 0 Å². The van der Waals surface area contributed by atoms with Crippen LogP contribution in [0.1, 0.15) is 25.8 Å². The molecule has 1 rings (SSSR count). The maximum atomic E-state index is 5.64. The molecule has 0 fully saturated rings. The van der Waals surface area contributed by atoms with Gasteiger partial charge in [0.25, 0.3) is 0 Å². The Kier molecular flexibility index (Phi) is 10.2. The lowest BCUT2D eigenvalue weighted by atomic mass is 10.2. The smallest absolute Gasteiger partial charge is 0.191 e. The maximum absolute atomic E-state index is 5.64. The fourth-order valence-corrected chi connectivity index (χ4v) is 1.50. The molecule has 20 heavy (non-hydrogen) atoms. The normalized spacial score (nSPS) is 12.3. The summed E-state index contributed by atoms with van der Waals surface area (Å²) < 4.78 is 5.64. The molecule has 0 aliphatic carbocycles. The minimum Gasteiger partial charge on any atom is -0.492 e. The molecule has 1 aromatic rings. The minimum atomic E-state index is 0. The van der Waals surface area contributed by atoms with Crippen LogP contribution in [-0.4, -0.2) is 32.2 Å². The van der Waals surface area contributed by atoms with E-state index in [-0.39, 0.29) is 24.0 Å². The van der Waals surface area contributed by atoms with E-state index in [1.54, 1.807) is 7.05 Å². The lowest BCUT2D eigenvalue weighted by Gasteiger charge is -2.16. The van der Waals surface area contributed by atoms with Gasteiger partial charge in [-0.25, -0.2) is 0 Å². The Labute approximate surface area is 139 Å². The molecule has 0 heterocycles. The third-order valence-corrected chi connectivity index (χ3v) is 2.90. The quantitative estimate of drug-likeness (QED) is 0.339. The molecule has 0 saturated heterocycles. The Bertz CT molecular complexity index is 393. The SMILES string of the molecule is CCC(C)NC(=NC)NCCOc1ccc(C)cc1.I. The Morgan fingerprint density at radius 2 is 1.95 bits per heavy atom. The standard InChI is InChI=1S/C15H25N3O.HI/c1-5-13(3)18-15(16-4)17-10-11-19-14-8-6-12(2)7-9-14;/h6-9,13H,5,10-11H2,1-4H3,(H2,16,17,18);1H. The second kappa shape index (κ2) is 10.8. The highest BCUT2D eigenvalue weighted by atomic mass is 127. The van der Waals surface area contributed by atoms with E-state index in [9.17, 15) is 0 Å².